The molecule has 0 atom stereocenters. The first-order valence-electron chi connectivity index (χ1n) is 10.3. The van der Waals surface area contributed by atoms with Gasteiger partial charge in [0.1, 0.15) is 13.8 Å². The molecule has 0 unspecified atom stereocenters. The van der Waals surface area contributed by atoms with Crippen LogP contribution < -0.4 is 0 Å². The quantitative estimate of drug-likeness (QED) is 0.396. The van der Waals surface area contributed by atoms with Crippen LogP contribution in [0.5, 0.6) is 0 Å². The van der Waals surface area contributed by atoms with Crippen LogP contribution in [-0.2, 0) is 11.2 Å². The number of fused-ring (bicyclic) bond motifs is 1. The first kappa shape index (κ1) is 20.8. The summed E-state index contributed by atoms with van der Waals surface area (Å²) in [6, 6.07) is 8.08. The van der Waals surface area contributed by atoms with Crippen LogP contribution in [0.1, 0.15) is 54.2 Å². The second-order valence-electron chi connectivity index (χ2n) is 8.83. The van der Waals surface area contributed by atoms with Crippen LogP contribution in [0.3, 0.4) is 0 Å². The third-order valence-corrected chi connectivity index (χ3v) is 6.37. The van der Waals surface area contributed by atoms with Crippen molar-refractivity contribution < 1.29 is 9.53 Å². The lowest BCUT2D eigenvalue weighted by molar-refractivity contribution is 0.0519. The SMILES string of the molecule is CCc1cc2cc(C(=O)C3CCC(OC)CC3)ccc2nc1C#C[Si](C)(C)C. The molecule has 28 heavy (non-hydrogen) atoms. The Hall–Kier alpha value is -1.96. The van der Waals surface area contributed by atoms with Crippen molar-refractivity contribution >= 4 is 24.8 Å². The largest absolute Gasteiger partial charge is 0.381 e. The van der Waals surface area contributed by atoms with Gasteiger partial charge in [0.2, 0.25) is 0 Å². The fraction of sp³-hybridized carbons (Fsp3) is 0.500. The number of rotatable bonds is 4. The Kier molecular flexibility index (Phi) is 6.37. The number of ketones is 1. The minimum atomic E-state index is -1.45. The second-order valence-corrected chi connectivity index (χ2v) is 13.6. The van der Waals surface area contributed by atoms with E-state index in [0.29, 0.717) is 6.10 Å². The van der Waals surface area contributed by atoms with E-state index >= 15 is 0 Å². The van der Waals surface area contributed by atoms with Crippen LogP contribution in [-0.4, -0.2) is 32.1 Å². The minimum absolute atomic E-state index is 0.115. The zero-order chi connectivity index (χ0) is 20.3. The Labute approximate surface area is 169 Å². The molecule has 0 bridgehead atoms. The molecule has 0 amide bonds. The lowest BCUT2D eigenvalue weighted by atomic mass is 9.82. The van der Waals surface area contributed by atoms with E-state index in [1.54, 1.807) is 7.11 Å². The molecule has 3 rings (SSSR count). The molecule has 148 valence electrons. The number of carbonyl (C=O) groups excluding carboxylic acids is 1. The number of methoxy groups -OCH3 is 1. The molecule has 1 aromatic heterocycles. The van der Waals surface area contributed by atoms with Gasteiger partial charge < -0.3 is 4.74 Å². The maximum Gasteiger partial charge on any atom is 0.165 e. The number of hydrogen-bond donors (Lipinski definition) is 0. The van der Waals surface area contributed by atoms with Crippen molar-refractivity contribution in [3.05, 3.63) is 41.1 Å². The molecule has 0 radical (unpaired) electrons. The highest BCUT2D eigenvalue weighted by Gasteiger charge is 2.27. The Bertz CT molecular complexity index is 925. The molecule has 1 aliphatic carbocycles. The average Bonchev–Trinajstić information content (AvgIpc) is 2.70. The molecule has 2 aromatic rings. The summed E-state index contributed by atoms with van der Waals surface area (Å²) >= 11 is 0. The van der Waals surface area contributed by atoms with Crippen LogP contribution in [0.4, 0.5) is 0 Å². The highest BCUT2D eigenvalue weighted by molar-refractivity contribution is 6.83. The summed E-state index contributed by atoms with van der Waals surface area (Å²) in [6.07, 6.45) is 4.98. The number of aromatic nitrogens is 1. The molecule has 0 spiro atoms. The van der Waals surface area contributed by atoms with E-state index in [1.807, 2.05) is 18.2 Å². The molecule has 1 saturated carbocycles. The van der Waals surface area contributed by atoms with E-state index in [0.717, 1.165) is 59.8 Å². The Morgan fingerprint density at radius 2 is 1.89 bits per heavy atom. The number of carbonyl (C=O) groups is 1. The fourth-order valence-electron chi connectivity index (χ4n) is 3.79. The second kappa shape index (κ2) is 8.59. The zero-order valence-electron chi connectivity index (χ0n) is 17.8. The van der Waals surface area contributed by atoms with Crippen molar-refractivity contribution in [3.63, 3.8) is 0 Å². The van der Waals surface area contributed by atoms with Crippen LogP contribution in [0.2, 0.25) is 19.6 Å². The van der Waals surface area contributed by atoms with Gasteiger partial charge in [-0.2, -0.15) is 0 Å². The van der Waals surface area contributed by atoms with Crippen LogP contribution in [0.25, 0.3) is 10.9 Å². The molecule has 3 nitrogen and oxygen atoms in total. The first-order valence-corrected chi connectivity index (χ1v) is 13.8. The van der Waals surface area contributed by atoms with Gasteiger partial charge in [-0.05, 0) is 61.9 Å². The van der Waals surface area contributed by atoms with Gasteiger partial charge in [0, 0.05) is 24.0 Å². The molecule has 4 heteroatoms. The van der Waals surface area contributed by atoms with Crippen LogP contribution in [0, 0.1) is 17.4 Å². The minimum Gasteiger partial charge on any atom is -0.381 e. The van der Waals surface area contributed by atoms with Crippen LogP contribution >= 0.6 is 0 Å². The molecule has 1 fully saturated rings. The Morgan fingerprint density at radius 1 is 1.18 bits per heavy atom. The third-order valence-electron chi connectivity index (χ3n) is 5.49. The van der Waals surface area contributed by atoms with Crippen molar-refractivity contribution in [2.45, 2.75) is 64.8 Å². The predicted molar refractivity (Wildman–Crippen MR) is 118 cm³/mol. The molecule has 0 aliphatic heterocycles. The van der Waals surface area contributed by atoms with Crippen molar-refractivity contribution in [3.8, 4) is 11.5 Å². The summed E-state index contributed by atoms with van der Waals surface area (Å²) in [5, 5.41) is 1.03. The number of aryl methyl sites for hydroxylation is 1. The Morgan fingerprint density at radius 3 is 2.50 bits per heavy atom. The van der Waals surface area contributed by atoms with Gasteiger partial charge in [0.05, 0.1) is 11.6 Å². The van der Waals surface area contributed by atoms with E-state index in [2.05, 4.69) is 44.1 Å². The maximum atomic E-state index is 13.0. The number of ether oxygens (including phenoxy) is 1. The number of hydrogen-bond acceptors (Lipinski definition) is 3. The van der Waals surface area contributed by atoms with Crippen LogP contribution in [0.15, 0.2) is 24.3 Å². The maximum absolute atomic E-state index is 13.0. The van der Waals surface area contributed by atoms with E-state index in [4.69, 9.17) is 9.72 Å². The summed E-state index contributed by atoms with van der Waals surface area (Å²) in [5.74, 6) is 3.69. The lowest BCUT2D eigenvalue weighted by Gasteiger charge is -2.26. The number of pyridine rings is 1. The van der Waals surface area contributed by atoms with Gasteiger partial charge in [-0.15, -0.1) is 5.54 Å². The fourth-order valence-corrected chi connectivity index (χ4v) is 4.29. The van der Waals surface area contributed by atoms with E-state index < -0.39 is 8.07 Å². The van der Waals surface area contributed by atoms with E-state index in [1.165, 1.54) is 0 Å². The summed E-state index contributed by atoms with van der Waals surface area (Å²) in [5.41, 5.74) is 7.18. The topological polar surface area (TPSA) is 39.2 Å². The summed E-state index contributed by atoms with van der Waals surface area (Å²) < 4.78 is 5.43. The van der Waals surface area contributed by atoms with Crippen molar-refractivity contribution in [2.24, 2.45) is 5.92 Å². The van der Waals surface area contributed by atoms with E-state index in [9.17, 15) is 4.79 Å². The third kappa shape index (κ3) is 4.90. The monoisotopic (exact) mass is 393 g/mol. The van der Waals surface area contributed by atoms with Gasteiger partial charge in [-0.3, -0.25) is 4.79 Å². The van der Waals surface area contributed by atoms with Crippen molar-refractivity contribution in [1.29, 1.82) is 0 Å². The predicted octanol–water partition coefficient (Wildman–Crippen LogP) is 5.41. The molecule has 0 N–H and O–H groups in total. The summed E-state index contributed by atoms with van der Waals surface area (Å²) in [6.45, 7) is 8.85. The van der Waals surface area contributed by atoms with E-state index in [-0.39, 0.29) is 11.7 Å². The number of Topliss-reactive ketones (excluding diaryl/α,β-unsaturated/α-hetero) is 1. The zero-order valence-corrected chi connectivity index (χ0v) is 18.8. The highest BCUT2D eigenvalue weighted by atomic mass is 28.3. The van der Waals surface area contributed by atoms with Gasteiger partial charge in [-0.1, -0.05) is 32.5 Å². The average molecular weight is 394 g/mol. The lowest BCUT2D eigenvalue weighted by Crippen LogP contribution is -2.25. The molecule has 1 aliphatic rings. The molecule has 1 aromatic carbocycles. The van der Waals surface area contributed by atoms with Crippen molar-refractivity contribution in [2.75, 3.05) is 7.11 Å². The van der Waals surface area contributed by atoms with Gasteiger partial charge in [-0.25, -0.2) is 4.98 Å². The van der Waals surface area contributed by atoms with Gasteiger partial charge in [0.25, 0.3) is 0 Å². The molecular formula is C24H31NO2Si. The molecule has 1 heterocycles. The normalized spacial score (nSPS) is 19.9. The van der Waals surface area contributed by atoms with Crippen molar-refractivity contribution in [1.82, 2.24) is 4.98 Å². The molecular weight excluding hydrogens is 362 g/mol. The highest BCUT2D eigenvalue weighted by Crippen LogP contribution is 2.29. The smallest absolute Gasteiger partial charge is 0.165 e. The Balaban J connectivity index is 1.89. The van der Waals surface area contributed by atoms with Gasteiger partial charge >= 0.3 is 0 Å². The summed E-state index contributed by atoms with van der Waals surface area (Å²) in [4.78, 5) is 17.8. The number of nitrogens with zero attached hydrogens (tertiary/aromatic N) is 1. The molecule has 0 saturated heterocycles. The first-order chi connectivity index (χ1) is 13.3. The van der Waals surface area contributed by atoms with Gasteiger partial charge in [0.15, 0.2) is 5.78 Å². The standard InChI is InChI=1S/C24H31NO2Si/c1-6-17-15-20-16-19(24(26)18-7-10-21(27-2)11-8-18)9-12-22(20)25-23(17)13-14-28(3,4)5/h9,12,15-16,18,21H,6-8,10-11H2,1-5H3. The summed E-state index contributed by atoms with van der Waals surface area (Å²) in [7, 11) is 0.312. The number of benzene rings is 1.